The van der Waals surface area contributed by atoms with Crippen LogP contribution in [-0.2, 0) is 4.79 Å². The molecule has 0 bridgehead atoms. The average Bonchev–Trinajstić information content (AvgIpc) is 2.37. The zero-order chi connectivity index (χ0) is 14.8. The number of hydrogen-bond acceptors (Lipinski definition) is 5. The van der Waals surface area contributed by atoms with Gasteiger partial charge in [-0.2, -0.15) is 0 Å². The molecule has 6 nitrogen and oxygen atoms in total. The van der Waals surface area contributed by atoms with Gasteiger partial charge < -0.3 is 16.0 Å². The van der Waals surface area contributed by atoms with E-state index < -0.39 is 5.54 Å². The van der Waals surface area contributed by atoms with Crippen LogP contribution in [0, 0.1) is 6.92 Å². The number of aromatic nitrogens is 2. The number of carbonyl (C=O) groups excluding carboxylic acids is 1. The van der Waals surface area contributed by atoms with Gasteiger partial charge in [0.25, 0.3) is 5.56 Å². The SMILES string of the molecule is CNC1(C(N)=O)CCCC(Sc2nc(C)cc(=O)[nH]2)C1. The van der Waals surface area contributed by atoms with E-state index in [4.69, 9.17) is 5.73 Å². The van der Waals surface area contributed by atoms with E-state index in [-0.39, 0.29) is 16.7 Å². The molecule has 2 atom stereocenters. The van der Waals surface area contributed by atoms with Gasteiger partial charge in [0, 0.05) is 17.0 Å². The maximum absolute atomic E-state index is 11.7. The zero-order valence-corrected chi connectivity index (χ0v) is 12.5. The van der Waals surface area contributed by atoms with Crippen LogP contribution in [0.4, 0.5) is 0 Å². The summed E-state index contributed by atoms with van der Waals surface area (Å²) < 4.78 is 0. The molecule has 110 valence electrons. The number of amides is 1. The van der Waals surface area contributed by atoms with Crippen LogP contribution in [0.5, 0.6) is 0 Å². The van der Waals surface area contributed by atoms with Crippen LogP contribution in [0.25, 0.3) is 0 Å². The molecule has 7 heteroatoms. The molecule has 4 N–H and O–H groups in total. The minimum absolute atomic E-state index is 0.148. The number of rotatable bonds is 4. The summed E-state index contributed by atoms with van der Waals surface area (Å²) in [7, 11) is 1.77. The number of nitrogens with zero attached hydrogens (tertiary/aromatic N) is 1. The van der Waals surface area contributed by atoms with E-state index in [0.717, 1.165) is 19.3 Å². The first-order valence-electron chi connectivity index (χ1n) is 6.68. The van der Waals surface area contributed by atoms with Gasteiger partial charge in [0.05, 0.1) is 5.54 Å². The lowest BCUT2D eigenvalue weighted by molar-refractivity contribution is -0.125. The third-order valence-corrected chi connectivity index (χ3v) is 4.93. The molecular formula is C13H20N4O2S. The predicted octanol–water partition coefficient (Wildman–Crippen LogP) is 0.557. The summed E-state index contributed by atoms with van der Waals surface area (Å²) in [5, 5.41) is 3.90. The largest absolute Gasteiger partial charge is 0.368 e. The van der Waals surface area contributed by atoms with Crippen LogP contribution in [0.15, 0.2) is 16.0 Å². The molecule has 0 saturated heterocycles. The van der Waals surface area contributed by atoms with Crippen molar-refractivity contribution in [2.75, 3.05) is 7.05 Å². The van der Waals surface area contributed by atoms with Crippen molar-refractivity contribution in [3.8, 4) is 0 Å². The Labute approximate surface area is 121 Å². The number of primary amides is 1. The summed E-state index contributed by atoms with van der Waals surface area (Å²) >= 11 is 1.51. The molecule has 1 aliphatic rings. The Hall–Kier alpha value is -1.34. The van der Waals surface area contributed by atoms with Crippen molar-refractivity contribution in [2.24, 2.45) is 5.73 Å². The fourth-order valence-electron chi connectivity index (χ4n) is 2.66. The van der Waals surface area contributed by atoms with Crippen LogP contribution >= 0.6 is 11.8 Å². The second-order valence-electron chi connectivity index (χ2n) is 5.22. The van der Waals surface area contributed by atoms with E-state index in [1.807, 2.05) is 0 Å². The summed E-state index contributed by atoms with van der Waals surface area (Å²) in [5.41, 5.74) is 5.44. The normalized spacial score (nSPS) is 26.4. The van der Waals surface area contributed by atoms with Crippen LogP contribution < -0.4 is 16.6 Å². The van der Waals surface area contributed by atoms with E-state index in [9.17, 15) is 9.59 Å². The number of carbonyl (C=O) groups is 1. The Morgan fingerprint density at radius 2 is 2.40 bits per heavy atom. The molecule has 1 aliphatic carbocycles. The number of nitrogens with one attached hydrogen (secondary N) is 2. The van der Waals surface area contributed by atoms with Crippen molar-refractivity contribution >= 4 is 17.7 Å². The summed E-state index contributed by atoms with van der Waals surface area (Å²) in [6.45, 7) is 1.79. The number of aromatic amines is 1. The Morgan fingerprint density at radius 1 is 1.65 bits per heavy atom. The summed E-state index contributed by atoms with van der Waals surface area (Å²) in [4.78, 5) is 30.2. The maximum Gasteiger partial charge on any atom is 0.251 e. The number of aryl methyl sites for hydroxylation is 1. The van der Waals surface area contributed by atoms with Crippen molar-refractivity contribution < 1.29 is 4.79 Å². The van der Waals surface area contributed by atoms with Gasteiger partial charge in [-0.1, -0.05) is 11.8 Å². The monoisotopic (exact) mass is 296 g/mol. The molecule has 2 rings (SSSR count). The lowest BCUT2D eigenvalue weighted by Crippen LogP contribution is -2.57. The third-order valence-electron chi connectivity index (χ3n) is 3.78. The fraction of sp³-hybridized carbons (Fsp3) is 0.615. The van der Waals surface area contributed by atoms with Gasteiger partial charge in [-0.05, 0) is 39.7 Å². The molecule has 0 radical (unpaired) electrons. The molecule has 0 aliphatic heterocycles. The van der Waals surface area contributed by atoms with Crippen molar-refractivity contribution in [1.29, 1.82) is 0 Å². The van der Waals surface area contributed by atoms with E-state index in [1.165, 1.54) is 17.8 Å². The molecule has 1 aromatic rings. The average molecular weight is 296 g/mol. The summed E-state index contributed by atoms with van der Waals surface area (Å²) in [6, 6.07) is 1.46. The summed E-state index contributed by atoms with van der Waals surface area (Å²) in [5.74, 6) is -0.309. The second kappa shape index (κ2) is 5.97. The van der Waals surface area contributed by atoms with Gasteiger partial charge >= 0.3 is 0 Å². The van der Waals surface area contributed by atoms with Crippen LogP contribution in [0.1, 0.15) is 31.4 Å². The van der Waals surface area contributed by atoms with Gasteiger partial charge in [0.2, 0.25) is 5.91 Å². The lowest BCUT2D eigenvalue weighted by Gasteiger charge is -2.37. The van der Waals surface area contributed by atoms with Gasteiger partial charge in [-0.15, -0.1) is 0 Å². The number of nitrogens with two attached hydrogens (primary N) is 1. The van der Waals surface area contributed by atoms with Gasteiger partial charge in [0.1, 0.15) is 0 Å². The van der Waals surface area contributed by atoms with Crippen molar-refractivity contribution in [3.63, 3.8) is 0 Å². The third kappa shape index (κ3) is 3.21. The van der Waals surface area contributed by atoms with E-state index >= 15 is 0 Å². The molecule has 20 heavy (non-hydrogen) atoms. The van der Waals surface area contributed by atoms with Crippen molar-refractivity contribution in [1.82, 2.24) is 15.3 Å². The second-order valence-corrected chi connectivity index (χ2v) is 6.51. The predicted molar refractivity (Wildman–Crippen MR) is 78.7 cm³/mol. The highest BCUT2D eigenvalue weighted by atomic mass is 32.2. The molecule has 0 aromatic carbocycles. The molecule has 1 fully saturated rings. The first-order valence-corrected chi connectivity index (χ1v) is 7.56. The van der Waals surface area contributed by atoms with Crippen LogP contribution in [0.2, 0.25) is 0 Å². The topological polar surface area (TPSA) is 101 Å². The highest BCUT2D eigenvalue weighted by Gasteiger charge is 2.40. The zero-order valence-electron chi connectivity index (χ0n) is 11.7. The molecule has 2 unspecified atom stereocenters. The number of H-pyrrole nitrogens is 1. The highest BCUT2D eigenvalue weighted by Crippen LogP contribution is 2.36. The van der Waals surface area contributed by atoms with E-state index in [2.05, 4.69) is 15.3 Å². The quantitative estimate of drug-likeness (QED) is 0.705. The van der Waals surface area contributed by atoms with Gasteiger partial charge in [0.15, 0.2) is 5.16 Å². The maximum atomic E-state index is 11.7. The number of thioether (sulfide) groups is 1. The minimum atomic E-state index is -0.639. The number of hydrogen-bond donors (Lipinski definition) is 3. The first-order chi connectivity index (χ1) is 9.45. The Bertz CT molecular complexity index is 560. The van der Waals surface area contributed by atoms with E-state index in [1.54, 1.807) is 14.0 Å². The number of likely N-dealkylation sites (N-methyl/N-ethyl adjacent to an activating group) is 1. The molecule has 1 amide bonds. The minimum Gasteiger partial charge on any atom is -0.368 e. The lowest BCUT2D eigenvalue weighted by atomic mass is 9.81. The van der Waals surface area contributed by atoms with Crippen LogP contribution in [-0.4, -0.2) is 33.7 Å². The van der Waals surface area contributed by atoms with Gasteiger partial charge in [-0.25, -0.2) is 4.98 Å². The first kappa shape index (κ1) is 15.1. The Morgan fingerprint density at radius 3 is 3.00 bits per heavy atom. The Kier molecular flexibility index (Phi) is 4.49. The molecule has 1 saturated carbocycles. The van der Waals surface area contributed by atoms with Gasteiger partial charge in [-0.3, -0.25) is 9.59 Å². The van der Waals surface area contributed by atoms with Crippen molar-refractivity contribution in [2.45, 2.75) is 48.6 Å². The Balaban J connectivity index is 2.13. The smallest absolute Gasteiger partial charge is 0.251 e. The molecule has 1 aromatic heterocycles. The molecule has 0 spiro atoms. The van der Waals surface area contributed by atoms with Crippen molar-refractivity contribution in [3.05, 3.63) is 22.1 Å². The standard InChI is InChI=1S/C13H20N4O2S/c1-8-6-10(18)17-12(16-8)20-9-4-3-5-13(7-9,15-2)11(14)19/h6,9,15H,3-5,7H2,1-2H3,(H2,14,19)(H,16,17,18). The van der Waals surface area contributed by atoms with Crippen LogP contribution in [0.3, 0.4) is 0 Å². The molecular weight excluding hydrogens is 276 g/mol. The summed E-state index contributed by atoms with van der Waals surface area (Å²) in [6.07, 6.45) is 3.32. The molecule has 1 heterocycles. The van der Waals surface area contributed by atoms with E-state index in [0.29, 0.717) is 17.3 Å². The fourth-order valence-corrected chi connectivity index (χ4v) is 3.99. The highest BCUT2D eigenvalue weighted by molar-refractivity contribution is 7.99.